The number of nitrogens with zero attached hydrogens (tertiary/aromatic N) is 3. The van der Waals surface area contributed by atoms with Gasteiger partial charge in [0.1, 0.15) is 0 Å². The summed E-state index contributed by atoms with van der Waals surface area (Å²) < 4.78 is 101. The Balaban J connectivity index is 0.000000301. The summed E-state index contributed by atoms with van der Waals surface area (Å²) in [4.78, 5) is 36.6. The van der Waals surface area contributed by atoms with Gasteiger partial charge in [-0.25, -0.2) is 14.4 Å². The predicted molar refractivity (Wildman–Crippen MR) is 144 cm³/mol. The molecule has 47 heavy (non-hydrogen) atoms. The largest absolute Gasteiger partial charge is 0.490 e. The van der Waals surface area contributed by atoms with Crippen LogP contribution in [-0.4, -0.2) is 112 Å². The van der Waals surface area contributed by atoms with Crippen molar-refractivity contribution in [1.82, 2.24) is 14.8 Å². The number of likely N-dealkylation sites (tertiary alicyclic amines) is 2. The summed E-state index contributed by atoms with van der Waals surface area (Å²) in [5.41, 5.74) is 1.53. The van der Waals surface area contributed by atoms with E-state index in [0.717, 1.165) is 24.1 Å². The van der Waals surface area contributed by atoms with E-state index in [9.17, 15) is 39.5 Å². The van der Waals surface area contributed by atoms with Crippen molar-refractivity contribution in [2.45, 2.75) is 57.2 Å². The molecule has 0 bridgehead atoms. The van der Waals surface area contributed by atoms with Gasteiger partial charge in [0, 0.05) is 50.3 Å². The van der Waals surface area contributed by atoms with Crippen molar-refractivity contribution in [2.75, 3.05) is 45.9 Å². The summed E-state index contributed by atoms with van der Waals surface area (Å²) in [7, 11) is 0. The van der Waals surface area contributed by atoms with Gasteiger partial charge in [-0.05, 0) is 62.6 Å². The molecule has 0 radical (unpaired) electrons. The number of alkyl halides is 9. The van der Waals surface area contributed by atoms with E-state index in [4.69, 9.17) is 34.4 Å². The Hall–Kier alpha value is -3.19. The maximum Gasteiger partial charge on any atom is 0.490 e. The van der Waals surface area contributed by atoms with E-state index in [1.807, 2.05) is 18.3 Å². The maximum absolute atomic E-state index is 10.6. The minimum atomic E-state index is -5.08. The molecule has 2 saturated carbocycles. The van der Waals surface area contributed by atoms with Crippen molar-refractivity contribution in [2.24, 2.45) is 23.2 Å². The fraction of sp³-hybridized carbons (Fsp3) is 0.714. The van der Waals surface area contributed by atoms with E-state index in [1.54, 1.807) is 0 Å². The van der Waals surface area contributed by atoms with Crippen LogP contribution in [0, 0.1) is 23.2 Å². The molecular weight excluding hydrogens is 661 g/mol. The lowest BCUT2D eigenvalue weighted by Gasteiger charge is -2.30. The van der Waals surface area contributed by atoms with Crippen LogP contribution in [0.15, 0.2) is 24.4 Å². The summed E-state index contributed by atoms with van der Waals surface area (Å²) in [6.07, 6.45) is -6.17. The minimum absolute atomic E-state index is 0.480. The maximum atomic E-state index is 10.6. The average molecular weight is 698 g/mol. The zero-order valence-corrected chi connectivity index (χ0v) is 25.0. The monoisotopic (exact) mass is 697 g/mol. The third-order valence-electron chi connectivity index (χ3n) is 7.80. The molecule has 2 aliphatic carbocycles. The van der Waals surface area contributed by atoms with Crippen molar-refractivity contribution in [3.05, 3.63) is 30.1 Å². The van der Waals surface area contributed by atoms with E-state index in [1.165, 1.54) is 71.4 Å². The quantitative estimate of drug-likeness (QED) is 0.320. The summed E-state index contributed by atoms with van der Waals surface area (Å²) in [6, 6.07) is 6.09. The molecule has 19 heteroatoms. The molecule has 1 aromatic heterocycles. The summed E-state index contributed by atoms with van der Waals surface area (Å²) in [6.45, 7) is 9.41. The third kappa shape index (κ3) is 15.1. The van der Waals surface area contributed by atoms with E-state index < -0.39 is 36.4 Å². The van der Waals surface area contributed by atoms with E-state index in [-0.39, 0.29) is 0 Å². The highest BCUT2D eigenvalue weighted by Gasteiger charge is 2.51. The molecule has 3 heterocycles. The van der Waals surface area contributed by atoms with Crippen molar-refractivity contribution in [3.63, 3.8) is 0 Å². The average Bonchev–Trinajstić information content (AvgIpc) is 3.87. The van der Waals surface area contributed by atoms with Crippen LogP contribution in [0.1, 0.15) is 37.8 Å². The molecule has 4 aliphatic rings. The predicted octanol–water partition coefficient (Wildman–Crippen LogP) is 4.94. The van der Waals surface area contributed by atoms with Crippen LogP contribution in [0.3, 0.4) is 0 Å². The van der Waals surface area contributed by atoms with Crippen LogP contribution in [0.2, 0.25) is 0 Å². The van der Waals surface area contributed by atoms with Gasteiger partial charge in [-0.3, -0.25) is 4.98 Å². The highest BCUT2D eigenvalue weighted by Crippen LogP contribution is 2.46. The van der Waals surface area contributed by atoms with Crippen molar-refractivity contribution in [1.29, 1.82) is 0 Å². The molecule has 268 valence electrons. The van der Waals surface area contributed by atoms with Crippen LogP contribution < -0.4 is 0 Å². The Morgan fingerprint density at radius 3 is 1.64 bits per heavy atom. The Morgan fingerprint density at radius 1 is 0.787 bits per heavy atom. The molecule has 5 rings (SSSR count). The molecule has 1 aromatic rings. The molecule has 1 spiro atoms. The SMILES string of the molecule is O=C(O)C(F)(F)F.O=C(O)C(F)(F)F.O=C(O)C(F)(F)F.c1ccc(COC[C@H]2CN(CC3CC3)C[C@@]23CCN(CC2CC2)C3)nc1. The number of halogens is 9. The summed E-state index contributed by atoms with van der Waals surface area (Å²) in [5, 5.41) is 21.4. The van der Waals surface area contributed by atoms with Crippen LogP contribution in [0.25, 0.3) is 0 Å². The molecule has 10 nitrogen and oxygen atoms in total. The number of carboxylic acid groups (broad SMARTS) is 3. The lowest BCUT2D eigenvalue weighted by atomic mass is 9.77. The smallest absolute Gasteiger partial charge is 0.475 e. The Labute approximate surface area is 263 Å². The van der Waals surface area contributed by atoms with Gasteiger partial charge in [-0.1, -0.05) is 6.07 Å². The third-order valence-corrected chi connectivity index (χ3v) is 7.80. The van der Waals surface area contributed by atoms with E-state index in [2.05, 4.69) is 20.9 Å². The first-order chi connectivity index (χ1) is 21.6. The molecule has 2 aliphatic heterocycles. The van der Waals surface area contributed by atoms with Crippen molar-refractivity contribution >= 4 is 17.9 Å². The second-order valence-corrected chi connectivity index (χ2v) is 11.9. The second kappa shape index (κ2) is 16.8. The molecular formula is C28H36F9N3O7. The topological polar surface area (TPSA) is 140 Å². The minimum Gasteiger partial charge on any atom is -0.475 e. The van der Waals surface area contributed by atoms with Crippen LogP contribution in [0.5, 0.6) is 0 Å². The number of rotatable bonds is 8. The molecule has 0 amide bonds. The number of pyridine rings is 1. The number of hydrogen-bond acceptors (Lipinski definition) is 7. The lowest BCUT2D eigenvalue weighted by Crippen LogP contribution is -2.37. The number of aliphatic carboxylic acids is 3. The normalized spacial score (nSPS) is 23.1. The van der Waals surface area contributed by atoms with Crippen LogP contribution in [0.4, 0.5) is 39.5 Å². The first kappa shape index (κ1) is 40.0. The molecule has 2 saturated heterocycles. The summed E-state index contributed by atoms with van der Waals surface area (Å²) >= 11 is 0. The van der Waals surface area contributed by atoms with Gasteiger partial charge in [-0.15, -0.1) is 0 Å². The van der Waals surface area contributed by atoms with Crippen molar-refractivity contribution in [3.8, 4) is 0 Å². The van der Waals surface area contributed by atoms with Gasteiger partial charge in [0.2, 0.25) is 0 Å². The van der Waals surface area contributed by atoms with Gasteiger partial charge >= 0.3 is 36.4 Å². The van der Waals surface area contributed by atoms with E-state index >= 15 is 0 Å². The number of ether oxygens (including phenoxy) is 1. The van der Waals surface area contributed by atoms with Gasteiger partial charge in [-0.2, -0.15) is 39.5 Å². The fourth-order valence-corrected chi connectivity index (χ4v) is 5.24. The number of carboxylic acids is 3. The number of carbonyl (C=O) groups is 3. The zero-order valence-electron chi connectivity index (χ0n) is 25.0. The molecule has 3 N–H and O–H groups in total. The Kier molecular flexibility index (Phi) is 14.3. The summed E-state index contributed by atoms with van der Waals surface area (Å²) in [5.74, 6) is -5.58. The fourth-order valence-electron chi connectivity index (χ4n) is 5.24. The van der Waals surface area contributed by atoms with Crippen molar-refractivity contribution < 1.29 is 74.0 Å². The first-order valence-corrected chi connectivity index (χ1v) is 14.4. The molecule has 0 unspecified atom stereocenters. The molecule has 4 fully saturated rings. The van der Waals surface area contributed by atoms with E-state index in [0.29, 0.717) is 17.9 Å². The highest BCUT2D eigenvalue weighted by atomic mass is 19.4. The van der Waals surface area contributed by atoms with Gasteiger partial charge < -0.3 is 29.9 Å². The number of hydrogen-bond donors (Lipinski definition) is 3. The van der Waals surface area contributed by atoms with Gasteiger partial charge in [0.25, 0.3) is 0 Å². The molecule has 2 atom stereocenters. The highest BCUT2D eigenvalue weighted by molar-refractivity contribution is 5.73. The Morgan fingerprint density at radius 2 is 1.23 bits per heavy atom. The van der Waals surface area contributed by atoms with Gasteiger partial charge in [0.15, 0.2) is 0 Å². The standard InChI is InChI=1S/C22H33N3O.3C2HF3O2/c1-2-9-23-21(3-1)15-26-14-20-13-25(12-19-6-7-19)17-22(20)8-10-24(16-22)11-18-4-5-18;3*3-2(4,5)1(6)7/h1-3,9,18-20H,4-8,10-17H2;3*(H,6,7)/t20-,22+;;;/m1.../s1. The number of aromatic nitrogens is 1. The molecule has 0 aromatic carbocycles. The zero-order chi connectivity index (χ0) is 35.6. The first-order valence-electron chi connectivity index (χ1n) is 14.4. The van der Waals surface area contributed by atoms with Gasteiger partial charge in [0.05, 0.1) is 18.9 Å². The lowest BCUT2D eigenvalue weighted by molar-refractivity contribution is -0.193. The second-order valence-electron chi connectivity index (χ2n) is 11.9. The van der Waals surface area contributed by atoms with Crippen LogP contribution >= 0.6 is 0 Å². The Bertz CT molecular complexity index is 1100. The van der Waals surface area contributed by atoms with Crippen LogP contribution in [-0.2, 0) is 25.7 Å².